The molecule has 0 amide bonds. The smallest absolute Gasteiger partial charge is 0.207 e. The van der Waals surface area contributed by atoms with Crippen LogP contribution in [0, 0.1) is 6.92 Å². The standard InChI is InChI=1S/C12H14BrNO2S/c1-10-5-7-12(8-6-10)17(15,16)14-11(2)4-3-9-13/h4-9,11,14H,1-2H3/t3?,11-/m0/s1. The third-order valence-electron chi connectivity index (χ3n) is 2.08. The Hall–Kier alpha value is -0.870. The highest BCUT2D eigenvalue weighted by molar-refractivity contribution is 9.11. The second kappa shape index (κ2) is 6.17. The van der Waals surface area contributed by atoms with Crippen molar-refractivity contribution in [2.45, 2.75) is 24.8 Å². The first-order valence-electron chi connectivity index (χ1n) is 5.06. The second-order valence-corrected chi connectivity index (χ2v) is 5.84. The molecule has 3 nitrogen and oxygen atoms in total. The van der Waals surface area contributed by atoms with Crippen molar-refractivity contribution in [1.82, 2.24) is 4.72 Å². The first-order chi connectivity index (χ1) is 7.95. The van der Waals surface area contributed by atoms with E-state index in [-0.39, 0.29) is 10.9 Å². The summed E-state index contributed by atoms with van der Waals surface area (Å²) in [5.74, 6) is 0. The van der Waals surface area contributed by atoms with Crippen molar-refractivity contribution >= 4 is 26.0 Å². The maximum Gasteiger partial charge on any atom is 0.241 e. The Balaban J connectivity index is 2.89. The normalized spacial score (nSPS) is 12.6. The fraction of sp³-hybridized carbons (Fsp3) is 0.250. The van der Waals surface area contributed by atoms with E-state index in [2.05, 4.69) is 26.4 Å². The van der Waals surface area contributed by atoms with Gasteiger partial charge in [-0.15, -0.1) is 5.73 Å². The number of nitrogens with one attached hydrogen (secondary N) is 1. The van der Waals surface area contributed by atoms with Crippen molar-refractivity contribution in [1.29, 1.82) is 0 Å². The second-order valence-electron chi connectivity index (χ2n) is 3.67. The van der Waals surface area contributed by atoms with E-state index in [0.29, 0.717) is 0 Å². The largest absolute Gasteiger partial charge is 0.241 e. The molecule has 0 heterocycles. The lowest BCUT2D eigenvalue weighted by molar-refractivity contribution is 0.576. The molecule has 0 bridgehead atoms. The lowest BCUT2D eigenvalue weighted by Gasteiger charge is -2.09. The molecule has 0 saturated heterocycles. The van der Waals surface area contributed by atoms with Crippen molar-refractivity contribution in [2.75, 3.05) is 0 Å². The Morgan fingerprint density at radius 1 is 1.35 bits per heavy atom. The molecule has 0 fully saturated rings. The van der Waals surface area contributed by atoms with Crippen LogP contribution in [0.3, 0.4) is 0 Å². The fourth-order valence-corrected chi connectivity index (χ4v) is 2.59. The molecule has 1 aromatic rings. The van der Waals surface area contributed by atoms with E-state index >= 15 is 0 Å². The van der Waals surface area contributed by atoms with Crippen LogP contribution >= 0.6 is 15.9 Å². The average molecular weight is 316 g/mol. The zero-order valence-corrected chi connectivity index (χ0v) is 12.0. The highest BCUT2D eigenvalue weighted by atomic mass is 79.9. The molecule has 0 spiro atoms. The number of hydrogen-bond donors (Lipinski definition) is 1. The highest BCUT2D eigenvalue weighted by Gasteiger charge is 2.15. The van der Waals surface area contributed by atoms with Gasteiger partial charge in [0.05, 0.1) is 4.90 Å². The monoisotopic (exact) mass is 315 g/mol. The molecule has 0 aliphatic carbocycles. The summed E-state index contributed by atoms with van der Waals surface area (Å²) < 4.78 is 26.4. The first-order valence-corrected chi connectivity index (χ1v) is 7.46. The molecular formula is C12H14BrNO2S. The molecule has 0 aliphatic rings. The quantitative estimate of drug-likeness (QED) is 0.868. The third-order valence-corrected chi connectivity index (χ3v) is 3.92. The topological polar surface area (TPSA) is 46.2 Å². The van der Waals surface area contributed by atoms with E-state index in [1.54, 1.807) is 42.3 Å². The summed E-state index contributed by atoms with van der Waals surface area (Å²) >= 11 is 3.07. The van der Waals surface area contributed by atoms with Crippen molar-refractivity contribution in [2.24, 2.45) is 0 Å². The average Bonchev–Trinajstić information content (AvgIpc) is 2.26. The van der Waals surface area contributed by atoms with Gasteiger partial charge in [-0.25, -0.2) is 13.1 Å². The van der Waals surface area contributed by atoms with Crippen LogP contribution < -0.4 is 4.72 Å². The van der Waals surface area contributed by atoms with Crippen molar-refractivity contribution in [3.63, 3.8) is 0 Å². The van der Waals surface area contributed by atoms with Crippen LogP contribution in [-0.4, -0.2) is 14.5 Å². The van der Waals surface area contributed by atoms with E-state index in [1.807, 2.05) is 6.92 Å². The molecule has 17 heavy (non-hydrogen) atoms. The lowest BCUT2D eigenvalue weighted by Crippen LogP contribution is -2.30. The van der Waals surface area contributed by atoms with Crippen molar-refractivity contribution in [3.05, 3.63) is 46.6 Å². The van der Waals surface area contributed by atoms with Crippen LogP contribution in [-0.2, 0) is 10.0 Å². The summed E-state index contributed by atoms with van der Waals surface area (Å²) in [4.78, 5) is 1.81. The molecule has 5 heteroatoms. The van der Waals surface area contributed by atoms with E-state index < -0.39 is 10.0 Å². The van der Waals surface area contributed by atoms with Crippen LogP contribution in [0.4, 0.5) is 0 Å². The van der Waals surface area contributed by atoms with Crippen LogP contribution in [0.2, 0.25) is 0 Å². The van der Waals surface area contributed by atoms with Crippen LogP contribution in [0.25, 0.3) is 0 Å². The lowest BCUT2D eigenvalue weighted by atomic mass is 10.2. The molecule has 1 rings (SSSR count). The van der Waals surface area contributed by atoms with Crippen molar-refractivity contribution < 1.29 is 8.42 Å². The number of benzene rings is 1. The number of sulfonamides is 1. The summed E-state index contributed by atoms with van der Waals surface area (Å²) in [5.41, 5.74) is 3.80. The molecule has 0 aliphatic heterocycles. The number of halogens is 1. The highest BCUT2D eigenvalue weighted by Crippen LogP contribution is 2.10. The Bertz CT molecular complexity index is 528. The summed E-state index contributed by atoms with van der Waals surface area (Å²) in [6, 6.07) is 6.42. The van der Waals surface area contributed by atoms with Crippen LogP contribution in [0.1, 0.15) is 12.5 Å². The maximum absolute atomic E-state index is 11.9. The van der Waals surface area contributed by atoms with Crippen LogP contribution in [0.5, 0.6) is 0 Å². The van der Waals surface area contributed by atoms with Gasteiger partial charge in [-0.3, -0.25) is 0 Å². The summed E-state index contributed by atoms with van der Waals surface area (Å²) in [6.07, 6.45) is 1.63. The fourth-order valence-electron chi connectivity index (χ4n) is 1.24. The number of aryl methyl sites for hydroxylation is 1. The maximum atomic E-state index is 11.9. The molecule has 92 valence electrons. The zero-order valence-electron chi connectivity index (χ0n) is 9.64. The van der Waals surface area contributed by atoms with Gasteiger partial charge in [0.2, 0.25) is 10.0 Å². The molecule has 0 radical (unpaired) electrons. The Labute approximate surface area is 110 Å². The number of rotatable bonds is 4. The molecule has 0 unspecified atom stereocenters. The Morgan fingerprint density at radius 2 is 1.94 bits per heavy atom. The molecule has 0 aromatic heterocycles. The molecule has 1 N–H and O–H groups in total. The van der Waals surface area contributed by atoms with Gasteiger partial charge in [-0.2, -0.15) is 0 Å². The summed E-state index contributed by atoms with van der Waals surface area (Å²) in [6.45, 7) is 3.66. The van der Waals surface area contributed by atoms with Crippen LogP contribution in [0.15, 0.2) is 46.0 Å². The molecular weight excluding hydrogens is 302 g/mol. The van der Waals surface area contributed by atoms with Gasteiger partial charge >= 0.3 is 0 Å². The first kappa shape index (κ1) is 14.2. The summed E-state index contributed by atoms with van der Waals surface area (Å²) in [5, 5.41) is 0. The minimum Gasteiger partial charge on any atom is -0.207 e. The predicted octanol–water partition coefficient (Wildman–Crippen LogP) is 2.73. The van der Waals surface area contributed by atoms with E-state index in [9.17, 15) is 8.42 Å². The van der Waals surface area contributed by atoms with Gasteiger partial charge in [0.25, 0.3) is 0 Å². The SMILES string of the molecule is Cc1ccc(S(=O)(=O)N[C@@H](C)C=C=CBr)cc1. The summed E-state index contributed by atoms with van der Waals surface area (Å²) in [7, 11) is -3.46. The van der Waals surface area contributed by atoms with Gasteiger partial charge in [0, 0.05) is 11.0 Å². The van der Waals surface area contributed by atoms with E-state index in [0.717, 1.165) is 5.56 Å². The van der Waals surface area contributed by atoms with Gasteiger partial charge < -0.3 is 0 Å². The Kier molecular flexibility index (Phi) is 5.15. The van der Waals surface area contributed by atoms with E-state index in [1.165, 1.54) is 0 Å². The van der Waals surface area contributed by atoms with Gasteiger partial charge in [0.1, 0.15) is 0 Å². The molecule has 0 saturated carbocycles. The van der Waals surface area contributed by atoms with Crippen molar-refractivity contribution in [3.8, 4) is 0 Å². The molecule has 1 atom stereocenters. The number of hydrogen-bond acceptors (Lipinski definition) is 2. The molecule has 1 aromatic carbocycles. The van der Waals surface area contributed by atoms with Gasteiger partial charge in [0.15, 0.2) is 0 Å². The van der Waals surface area contributed by atoms with Gasteiger partial charge in [-0.05, 0) is 32.1 Å². The van der Waals surface area contributed by atoms with Gasteiger partial charge in [-0.1, -0.05) is 33.6 Å². The zero-order chi connectivity index (χ0) is 12.9. The minimum atomic E-state index is -3.46. The Morgan fingerprint density at radius 3 is 2.47 bits per heavy atom. The van der Waals surface area contributed by atoms with E-state index in [4.69, 9.17) is 0 Å². The minimum absolute atomic E-state index is 0.270. The predicted molar refractivity (Wildman–Crippen MR) is 72.5 cm³/mol. The third kappa shape index (κ3) is 4.48.